The predicted molar refractivity (Wildman–Crippen MR) is 128 cm³/mol. The van der Waals surface area contributed by atoms with Gasteiger partial charge in [0.15, 0.2) is 11.5 Å². The minimum absolute atomic E-state index is 0.209. The van der Waals surface area contributed by atoms with Gasteiger partial charge in [-0.3, -0.25) is 9.48 Å². The number of hydrogen-bond donors (Lipinski definition) is 1. The van der Waals surface area contributed by atoms with E-state index in [1.54, 1.807) is 18.0 Å². The number of carbonyl (C=O) groups excluding carboxylic acids is 1. The van der Waals surface area contributed by atoms with Crippen molar-refractivity contribution in [2.45, 2.75) is 13.1 Å². The van der Waals surface area contributed by atoms with E-state index < -0.39 is 0 Å². The van der Waals surface area contributed by atoms with E-state index in [1.165, 1.54) is 0 Å². The van der Waals surface area contributed by atoms with Gasteiger partial charge < -0.3 is 19.5 Å². The fraction of sp³-hybridized carbons (Fsp3) is 0.185. The highest BCUT2D eigenvalue weighted by Crippen LogP contribution is 2.33. The molecule has 0 bridgehead atoms. The highest BCUT2D eigenvalue weighted by atomic mass is 16.6. The molecular formula is C27H25N3O4. The van der Waals surface area contributed by atoms with E-state index in [-0.39, 0.29) is 5.91 Å². The first-order valence-corrected chi connectivity index (χ1v) is 11.1. The molecule has 5 rings (SSSR count). The van der Waals surface area contributed by atoms with Crippen LogP contribution in [0.2, 0.25) is 0 Å². The zero-order chi connectivity index (χ0) is 23.3. The highest BCUT2D eigenvalue weighted by Gasteiger charge is 2.20. The maximum Gasteiger partial charge on any atom is 0.255 e. The molecule has 4 aromatic rings. The van der Waals surface area contributed by atoms with Crippen molar-refractivity contribution in [3.63, 3.8) is 0 Å². The number of carbonyl (C=O) groups is 1. The third-order valence-electron chi connectivity index (χ3n) is 5.64. The Bertz CT molecular complexity index is 1280. The third kappa shape index (κ3) is 4.59. The van der Waals surface area contributed by atoms with Crippen molar-refractivity contribution in [3.05, 3.63) is 95.7 Å². The summed E-state index contributed by atoms with van der Waals surface area (Å²) < 4.78 is 18.5. The lowest BCUT2D eigenvalue weighted by Gasteiger charge is -2.21. The Morgan fingerprint density at radius 3 is 2.59 bits per heavy atom. The van der Waals surface area contributed by atoms with Crippen LogP contribution in [0.3, 0.4) is 0 Å². The van der Waals surface area contributed by atoms with Gasteiger partial charge in [-0.2, -0.15) is 5.10 Å². The zero-order valence-corrected chi connectivity index (χ0v) is 18.9. The molecule has 3 aromatic carbocycles. The van der Waals surface area contributed by atoms with Crippen LogP contribution in [0.4, 0.5) is 0 Å². The summed E-state index contributed by atoms with van der Waals surface area (Å²) in [5.74, 6) is 1.92. The Morgan fingerprint density at radius 1 is 1.00 bits per heavy atom. The summed E-state index contributed by atoms with van der Waals surface area (Å²) in [7, 11) is 1.62. The van der Waals surface area contributed by atoms with Gasteiger partial charge in [-0.15, -0.1) is 0 Å². The number of aromatic nitrogens is 2. The SMILES string of the molecule is COc1ccc(-c2nn(Cc3ccccc3)cc2C(=O)NCc2cccc3c2OCCO3)cc1. The molecule has 7 nitrogen and oxygen atoms in total. The first-order chi connectivity index (χ1) is 16.7. The number of benzene rings is 3. The molecule has 1 N–H and O–H groups in total. The van der Waals surface area contributed by atoms with Gasteiger partial charge in [0.1, 0.15) is 24.7 Å². The van der Waals surface area contributed by atoms with Gasteiger partial charge in [0.05, 0.1) is 19.2 Å². The zero-order valence-electron chi connectivity index (χ0n) is 18.9. The molecule has 0 spiro atoms. The first-order valence-electron chi connectivity index (χ1n) is 11.1. The number of ether oxygens (including phenoxy) is 3. The molecule has 0 saturated heterocycles. The van der Waals surface area contributed by atoms with Crippen molar-refractivity contribution in [2.24, 2.45) is 0 Å². The van der Waals surface area contributed by atoms with E-state index in [0.717, 1.165) is 22.4 Å². The average molecular weight is 456 g/mol. The standard InChI is InChI=1S/C27H25N3O4/c1-32-22-12-10-20(11-13-22)25-23(18-30(29-25)17-19-6-3-2-4-7-19)27(31)28-16-21-8-5-9-24-26(21)34-15-14-33-24/h2-13,18H,14-17H2,1H3,(H,28,31). The summed E-state index contributed by atoms with van der Waals surface area (Å²) in [5.41, 5.74) is 3.93. The summed E-state index contributed by atoms with van der Waals surface area (Å²) in [6.45, 7) is 1.90. The number of amides is 1. The Balaban J connectivity index is 1.42. The maximum atomic E-state index is 13.3. The van der Waals surface area contributed by atoms with E-state index in [4.69, 9.17) is 19.3 Å². The quantitative estimate of drug-likeness (QED) is 0.450. The molecule has 1 aromatic heterocycles. The second-order valence-electron chi connectivity index (χ2n) is 7.93. The number of hydrogen-bond acceptors (Lipinski definition) is 5. The van der Waals surface area contributed by atoms with Crippen LogP contribution in [0.1, 0.15) is 21.5 Å². The Labute approximate surface area is 197 Å². The fourth-order valence-corrected chi connectivity index (χ4v) is 3.95. The van der Waals surface area contributed by atoms with Crippen molar-refractivity contribution >= 4 is 5.91 Å². The lowest BCUT2D eigenvalue weighted by molar-refractivity contribution is 0.0950. The molecule has 2 heterocycles. The van der Waals surface area contributed by atoms with Gasteiger partial charge >= 0.3 is 0 Å². The van der Waals surface area contributed by atoms with Crippen molar-refractivity contribution in [1.82, 2.24) is 15.1 Å². The van der Waals surface area contributed by atoms with Crippen LogP contribution in [0.15, 0.2) is 79.0 Å². The third-order valence-corrected chi connectivity index (χ3v) is 5.64. The summed E-state index contributed by atoms with van der Waals surface area (Å²) in [6, 6.07) is 23.3. The molecule has 7 heteroatoms. The van der Waals surface area contributed by atoms with Crippen LogP contribution in [-0.4, -0.2) is 36.0 Å². The van der Waals surface area contributed by atoms with Gasteiger partial charge in [-0.1, -0.05) is 42.5 Å². The molecule has 0 radical (unpaired) electrons. The van der Waals surface area contributed by atoms with Crippen LogP contribution < -0.4 is 19.5 Å². The van der Waals surface area contributed by atoms with Gasteiger partial charge in [0.2, 0.25) is 0 Å². The van der Waals surface area contributed by atoms with Crippen LogP contribution in [0.25, 0.3) is 11.3 Å². The largest absolute Gasteiger partial charge is 0.497 e. The number of rotatable bonds is 7. The number of fused-ring (bicyclic) bond motifs is 1. The van der Waals surface area contributed by atoms with Gasteiger partial charge in [0.25, 0.3) is 5.91 Å². The number of methoxy groups -OCH3 is 1. The molecule has 172 valence electrons. The molecule has 0 saturated carbocycles. The highest BCUT2D eigenvalue weighted by molar-refractivity contribution is 5.99. The molecule has 0 fully saturated rings. The van der Waals surface area contributed by atoms with Crippen molar-refractivity contribution < 1.29 is 19.0 Å². The van der Waals surface area contributed by atoms with Crippen LogP contribution >= 0.6 is 0 Å². The van der Waals surface area contributed by atoms with E-state index >= 15 is 0 Å². The number of nitrogens with one attached hydrogen (secondary N) is 1. The first kappa shape index (κ1) is 21.6. The minimum Gasteiger partial charge on any atom is -0.497 e. The van der Waals surface area contributed by atoms with Crippen molar-refractivity contribution in [1.29, 1.82) is 0 Å². The summed E-state index contributed by atoms with van der Waals surface area (Å²) in [5, 5.41) is 7.77. The van der Waals surface area contributed by atoms with E-state index in [9.17, 15) is 4.79 Å². The fourth-order valence-electron chi connectivity index (χ4n) is 3.95. The van der Waals surface area contributed by atoms with E-state index in [0.29, 0.717) is 49.1 Å². The lowest BCUT2D eigenvalue weighted by atomic mass is 10.1. The minimum atomic E-state index is -0.209. The second-order valence-corrected chi connectivity index (χ2v) is 7.93. The average Bonchev–Trinajstić information content (AvgIpc) is 3.31. The molecule has 34 heavy (non-hydrogen) atoms. The molecular weight excluding hydrogens is 430 g/mol. The van der Waals surface area contributed by atoms with Gasteiger partial charge in [-0.05, 0) is 35.9 Å². The molecule has 1 amide bonds. The summed E-state index contributed by atoms with van der Waals surface area (Å²) in [4.78, 5) is 13.3. The van der Waals surface area contributed by atoms with Crippen molar-refractivity contribution in [3.8, 4) is 28.5 Å². The molecule has 1 aliphatic heterocycles. The van der Waals surface area contributed by atoms with E-state index in [1.807, 2.05) is 72.8 Å². The van der Waals surface area contributed by atoms with Crippen molar-refractivity contribution in [2.75, 3.05) is 20.3 Å². The monoisotopic (exact) mass is 455 g/mol. The smallest absolute Gasteiger partial charge is 0.255 e. The predicted octanol–water partition coefficient (Wildman–Crippen LogP) is 4.31. The van der Waals surface area contributed by atoms with Gasteiger partial charge in [-0.25, -0.2) is 0 Å². The Morgan fingerprint density at radius 2 is 1.79 bits per heavy atom. The molecule has 0 unspecified atom stereocenters. The molecule has 1 aliphatic rings. The van der Waals surface area contributed by atoms with Gasteiger partial charge in [0, 0.05) is 23.9 Å². The van der Waals surface area contributed by atoms with Crippen LogP contribution in [0.5, 0.6) is 17.2 Å². The number of para-hydroxylation sites is 1. The molecule has 0 aliphatic carbocycles. The topological polar surface area (TPSA) is 74.6 Å². The molecule has 0 atom stereocenters. The Kier molecular flexibility index (Phi) is 6.16. The number of nitrogens with zero attached hydrogens (tertiary/aromatic N) is 2. The Hall–Kier alpha value is -4.26. The maximum absolute atomic E-state index is 13.3. The summed E-state index contributed by atoms with van der Waals surface area (Å²) in [6.07, 6.45) is 1.79. The van der Waals surface area contributed by atoms with E-state index in [2.05, 4.69) is 5.32 Å². The van der Waals surface area contributed by atoms with Crippen LogP contribution in [-0.2, 0) is 13.1 Å². The normalized spacial score (nSPS) is 12.3. The van der Waals surface area contributed by atoms with Crippen LogP contribution in [0, 0.1) is 0 Å². The second kappa shape index (κ2) is 9.70. The lowest BCUT2D eigenvalue weighted by Crippen LogP contribution is -2.24. The summed E-state index contributed by atoms with van der Waals surface area (Å²) >= 11 is 0.